The van der Waals surface area contributed by atoms with Crippen LogP contribution in [0.3, 0.4) is 0 Å². The summed E-state index contributed by atoms with van der Waals surface area (Å²) >= 11 is 6.34. The number of hydrogen-bond acceptors (Lipinski definition) is 4. The van der Waals surface area contributed by atoms with Gasteiger partial charge in [-0.1, -0.05) is 56.1 Å². The minimum Gasteiger partial charge on any atom is -0.489 e. The molecule has 0 radical (unpaired) electrons. The van der Waals surface area contributed by atoms with Gasteiger partial charge in [-0.3, -0.25) is 9.59 Å². The summed E-state index contributed by atoms with van der Waals surface area (Å²) in [5.41, 5.74) is 3.40. The van der Waals surface area contributed by atoms with E-state index in [1.54, 1.807) is 48.5 Å². The largest absolute Gasteiger partial charge is 0.489 e. The summed E-state index contributed by atoms with van der Waals surface area (Å²) in [5, 5.41) is 0.622. The van der Waals surface area contributed by atoms with E-state index < -0.39 is 0 Å². The van der Waals surface area contributed by atoms with Crippen molar-refractivity contribution in [2.75, 3.05) is 10.7 Å². The molecule has 3 aromatic carbocycles. The maximum absolute atomic E-state index is 11.6. The van der Waals surface area contributed by atoms with Crippen molar-refractivity contribution >= 4 is 43.4 Å². The summed E-state index contributed by atoms with van der Waals surface area (Å²) in [6, 6.07) is 22.3. The lowest BCUT2D eigenvalue weighted by molar-refractivity contribution is 0.101. The SMILES string of the molecule is O=C(CBr)c1ccc(OCc2ccc(COc3ccc(C(=O)CBr)cc3)cc2)cc1. The Morgan fingerprint density at radius 2 is 0.900 bits per heavy atom. The lowest BCUT2D eigenvalue weighted by Crippen LogP contribution is -2.01. The standard InChI is InChI=1S/C24H20Br2O4/c25-13-23(27)19-5-9-21(10-6-19)29-15-17-1-2-18(4-3-17)16-30-22-11-7-20(8-12-22)24(28)14-26/h1-12H,13-16H2. The third kappa shape index (κ3) is 6.28. The Morgan fingerprint density at radius 3 is 1.20 bits per heavy atom. The number of Topliss-reactive ketones (excluding diaryl/α,β-unsaturated/α-hetero) is 2. The molecular formula is C24H20Br2O4. The molecule has 4 nitrogen and oxygen atoms in total. The first-order valence-corrected chi connectivity index (χ1v) is 11.5. The van der Waals surface area contributed by atoms with Gasteiger partial charge in [-0.05, 0) is 59.7 Å². The fraction of sp³-hybridized carbons (Fsp3) is 0.167. The molecular weight excluding hydrogens is 512 g/mol. The first-order valence-electron chi connectivity index (χ1n) is 9.31. The highest BCUT2D eigenvalue weighted by Gasteiger charge is 2.05. The minimum atomic E-state index is 0.0442. The second kappa shape index (κ2) is 11.1. The molecule has 0 fully saturated rings. The highest BCUT2D eigenvalue weighted by Crippen LogP contribution is 2.17. The summed E-state index contributed by atoms with van der Waals surface area (Å²) in [6.45, 7) is 0.881. The van der Waals surface area contributed by atoms with E-state index in [4.69, 9.17) is 9.47 Å². The van der Waals surface area contributed by atoms with E-state index in [-0.39, 0.29) is 11.6 Å². The number of alkyl halides is 2. The van der Waals surface area contributed by atoms with Crippen LogP contribution in [-0.2, 0) is 13.2 Å². The molecule has 0 N–H and O–H groups in total. The number of ketones is 2. The molecule has 0 saturated carbocycles. The number of benzene rings is 3. The van der Waals surface area contributed by atoms with Crippen LogP contribution < -0.4 is 9.47 Å². The predicted molar refractivity (Wildman–Crippen MR) is 124 cm³/mol. The van der Waals surface area contributed by atoms with Gasteiger partial charge in [-0.25, -0.2) is 0 Å². The van der Waals surface area contributed by atoms with Gasteiger partial charge in [0.25, 0.3) is 0 Å². The lowest BCUT2D eigenvalue weighted by atomic mass is 10.1. The highest BCUT2D eigenvalue weighted by molar-refractivity contribution is 9.09. The molecule has 0 aromatic heterocycles. The van der Waals surface area contributed by atoms with Gasteiger partial charge >= 0.3 is 0 Å². The molecule has 0 aliphatic heterocycles. The predicted octanol–water partition coefficient (Wildman–Crippen LogP) is 6.00. The fourth-order valence-electron chi connectivity index (χ4n) is 2.69. The molecule has 0 atom stereocenters. The van der Waals surface area contributed by atoms with Crippen molar-refractivity contribution in [3.8, 4) is 11.5 Å². The van der Waals surface area contributed by atoms with Crippen molar-refractivity contribution in [2.24, 2.45) is 0 Å². The van der Waals surface area contributed by atoms with Crippen molar-refractivity contribution in [3.05, 3.63) is 95.1 Å². The van der Waals surface area contributed by atoms with E-state index in [0.29, 0.717) is 35.0 Å². The maximum atomic E-state index is 11.6. The molecule has 0 unspecified atom stereocenters. The molecule has 30 heavy (non-hydrogen) atoms. The van der Waals surface area contributed by atoms with Gasteiger partial charge in [-0.15, -0.1) is 0 Å². The van der Waals surface area contributed by atoms with Crippen LogP contribution in [0, 0.1) is 0 Å². The quantitative estimate of drug-likeness (QED) is 0.238. The van der Waals surface area contributed by atoms with Crippen LogP contribution in [0.5, 0.6) is 11.5 Å². The van der Waals surface area contributed by atoms with Crippen LogP contribution in [0.1, 0.15) is 31.8 Å². The molecule has 0 heterocycles. The number of carbonyl (C=O) groups excluding carboxylic acids is 2. The Balaban J connectivity index is 1.49. The second-order valence-corrected chi connectivity index (χ2v) is 7.68. The van der Waals surface area contributed by atoms with Crippen molar-refractivity contribution < 1.29 is 19.1 Å². The molecule has 154 valence electrons. The lowest BCUT2D eigenvalue weighted by Gasteiger charge is -2.09. The number of halogens is 2. The average Bonchev–Trinajstić information content (AvgIpc) is 2.81. The van der Waals surface area contributed by atoms with Crippen molar-refractivity contribution in [3.63, 3.8) is 0 Å². The van der Waals surface area contributed by atoms with Gasteiger partial charge in [0.2, 0.25) is 0 Å². The molecule has 6 heteroatoms. The topological polar surface area (TPSA) is 52.6 Å². The molecule has 0 spiro atoms. The van der Waals surface area contributed by atoms with E-state index in [9.17, 15) is 9.59 Å². The number of carbonyl (C=O) groups is 2. The molecule has 0 aliphatic carbocycles. The summed E-state index contributed by atoms with van der Waals surface area (Å²) in [4.78, 5) is 23.2. The minimum absolute atomic E-state index is 0.0442. The number of ether oxygens (including phenoxy) is 2. The fourth-order valence-corrected chi connectivity index (χ4v) is 3.34. The van der Waals surface area contributed by atoms with E-state index >= 15 is 0 Å². The summed E-state index contributed by atoms with van der Waals surface area (Å²) in [7, 11) is 0. The first-order chi connectivity index (χ1) is 14.6. The van der Waals surface area contributed by atoms with Crippen LogP contribution in [-0.4, -0.2) is 22.2 Å². The Hall–Kier alpha value is -2.44. The Kier molecular flexibility index (Phi) is 8.22. The van der Waals surface area contributed by atoms with Crippen molar-refractivity contribution in [1.82, 2.24) is 0 Å². The van der Waals surface area contributed by atoms with Crippen molar-refractivity contribution in [2.45, 2.75) is 13.2 Å². The third-order valence-electron chi connectivity index (χ3n) is 4.43. The van der Waals surface area contributed by atoms with Crippen molar-refractivity contribution in [1.29, 1.82) is 0 Å². The van der Waals surface area contributed by atoms with E-state index in [1.165, 1.54) is 0 Å². The highest BCUT2D eigenvalue weighted by atomic mass is 79.9. The first kappa shape index (κ1) is 22.2. The Bertz CT molecular complexity index is 899. The van der Waals surface area contributed by atoms with Crippen LogP contribution in [0.25, 0.3) is 0 Å². The van der Waals surface area contributed by atoms with Crippen LogP contribution in [0.4, 0.5) is 0 Å². The van der Waals surface area contributed by atoms with Gasteiger partial charge < -0.3 is 9.47 Å². The summed E-state index contributed by atoms with van der Waals surface area (Å²) < 4.78 is 11.6. The van der Waals surface area contributed by atoms with Gasteiger partial charge in [0.15, 0.2) is 11.6 Å². The van der Waals surface area contributed by atoms with Crippen LogP contribution in [0.15, 0.2) is 72.8 Å². The molecule has 0 saturated heterocycles. The zero-order chi connectivity index (χ0) is 21.3. The molecule has 0 aliphatic rings. The number of rotatable bonds is 10. The molecule has 0 bridgehead atoms. The van der Waals surface area contributed by atoms with Gasteiger partial charge in [0.1, 0.15) is 24.7 Å². The summed E-state index contributed by atoms with van der Waals surface area (Å²) in [6.07, 6.45) is 0. The Morgan fingerprint density at radius 1 is 0.567 bits per heavy atom. The Labute approximate surface area is 192 Å². The van der Waals surface area contributed by atoms with E-state index in [1.807, 2.05) is 24.3 Å². The van der Waals surface area contributed by atoms with Gasteiger partial charge in [0.05, 0.1) is 10.7 Å². The average molecular weight is 532 g/mol. The maximum Gasteiger partial charge on any atom is 0.173 e. The van der Waals surface area contributed by atoms with Crippen LogP contribution >= 0.6 is 31.9 Å². The van der Waals surface area contributed by atoms with E-state index in [0.717, 1.165) is 22.6 Å². The van der Waals surface area contributed by atoms with Gasteiger partial charge in [-0.2, -0.15) is 0 Å². The normalized spacial score (nSPS) is 10.5. The van der Waals surface area contributed by atoms with E-state index in [2.05, 4.69) is 31.9 Å². The monoisotopic (exact) mass is 530 g/mol. The molecule has 3 aromatic rings. The second-order valence-electron chi connectivity index (χ2n) is 6.56. The molecule has 3 rings (SSSR count). The smallest absolute Gasteiger partial charge is 0.173 e. The zero-order valence-electron chi connectivity index (χ0n) is 16.1. The third-order valence-corrected chi connectivity index (χ3v) is 5.45. The number of hydrogen-bond donors (Lipinski definition) is 0. The van der Waals surface area contributed by atoms with Crippen LogP contribution in [0.2, 0.25) is 0 Å². The van der Waals surface area contributed by atoms with Gasteiger partial charge in [0, 0.05) is 11.1 Å². The zero-order valence-corrected chi connectivity index (χ0v) is 19.3. The summed E-state index contributed by atoms with van der Waals surface area (Å²) in [5.74, 6) is 1.52. The molecule has 0 amide bonds.